The van der Waals surface area contributed by atoms with Gasteiger partial charge in [-0.3, -0.25) is 0 Å². The molecule has 0 aromatic carbocycles. The van der Waals surface area contributed by atoms with Gasteiger partial charge < -0.3 is 10.0 Å². The molecule has 0 bridgehead atoms. The zero-order valence-corrected chi connectivity index (χ0v) is 9.28. The molecule has 14 heavy (non-hydrogen) atoms. The lowest BCUT2D eigenvalue weighted by atomic mass is 9.84. The summed E-state index contributed by atoms with van der Waals surface area (Å²) in [6.07, 6.45) is 8.79. The number of aliphatic hydroxyl groups excluding tert-OH is 1. The van der Waals surface area contributed by atoms with Gasteiger partial charge in [0.15, 0.2) is 0 Å². The number of rotatable bonds is 3. The fraction of sp³-hybridized carbons (Fsp3) is 1.00. The van der Waals surface area contributed by atoms with Crippen LogP contribution in [0.15, 0.2) is 0 Å². The van der Waals surface area contributed by atoms with Crippen molar-refractivity contribution in [3.05, 3.63) is 0 Å². The van der Waals surface area contributed by atoms with Crippen LogP contribution in [0, 0.1) is 5.92 Å². The molecule has 2 heteroatoms. The minimum absolute atomic E-state index is 0.0300. The lowest BCUT2D eigenvalue weighted by Crippen LogP contribution is -2.41. The van der Waals surface area contributed by atoms with Crippen LogP contribution < -0.4 is 0 Å². The zero-order valence-electron chi connectivity index (χ0n) is 9.28. The third-order valence-corrected chi connectivity index (χ3v) is 4.01. The molecule has 2 unspecified atom stereocenters. The average Bonchev–Trinajstić information content (AvgIpc) is 2.11. The molecule has 0 aromatic heterocycles. The van der Waals surface area contributed by atoms with Gasteiger partial charge in [0.25, 0.3) is 0 Å². The van der Waals surface area contributed by atoms with Crippen molar-refractivity contribution in [3.63, 3.8) is 0 Å². The quantitative estimate of drug-likeness (QED) is 0.748. The van der Waals surface area contributed by atoms with Gasteiger partial charge in [-0.15, -0.1) is 0 Å². The summed E-state index contributed by atoms with van der Waals surface area (Å²) in [5, 5.41) is 9.61. The van der Waals surface area contributed by atoms with E-state index in [1.165, 1.54) is 38.6 Å². The maximum atomic E-state index is 9.61. The van der Waals surface area contributed by atoms with Crippen molar-refractivity contribution >= 4 is 0 Å². The predicted octanol–water partition coefficient (Wildman–Crippen LogP) is 2.02. The monoisotopic (exact) mass is 197 g/mol. The van der Waals surface area contributed by atoms with Gasteiger partial charge in [0.1, 0.15) is 0 Å². The summed E-state index contributed by atoms with van der Waals surface area (Å²) in [6.45, 7) is 1.26. The molecule has 0 spiro atoms. The Balaban J connectivity index is 1.74. The van der Waals surface area contributed by atoms with E-state index in [1.807, 2.05) is 0 Å². The second-order valence-electron chi connectivity index (χ2n) is 5.21. The molecule has 0 heterocycles. The Morgan fingerprint density at radius 1 is 1.14 bits per heavy atom. The van der Waals surface area contributed by atoms with Crippen molar-refractivity contribution in [1.29, 1.82) is 0 Å². The van der Waals surface area contributed by atoms with Gasteiger partial charge >= 0.3 is 0 Å². The van der Waals surface area contributed by atoms with Crippen LogP contribution in [0.25, 0.3) is 0 Å². The minimum atomic E-state index is -0.0300. The normalized spacial score (nSPS) is 34.5. The van der Waals surface area contributed by atoms with Crippen LogP contribution in [-0.2, 0) is 0 Å². The molecule has 2 aliphatic carbocycles. The first-order valence-electron chi connectivity index (χ1n) is 6.14. The minimum Gasteiger partial charge on any atom is -0.393 e. The van der Waals surface area contributed by atoms with Crippen LogP contribution in [0.3, 0.4) is 0 Å². The van der Waals surface area contributed by atoms with Crippen LogP contribution >= 0.6 is 0 Å². The first kappa shape index (κ1) is 10.4. The molecular formula is C12H23NO. The summed E-state index contributed by atoms with van der Waals surface area (Å²) < 4.78 is 0. The van der Waals surface area contributed by atoms with Crippen molar-refractivity contribution in [2.45, 2.75) is 57.1 Å². The number of nitrogens with zero attached hydrogens (tertiary/aromatic N) is 1. The fourth-order valence-corrected chi connectivity index (χ4v) is 2.77. The second-order valence-corrected chi connectivity index (χ2v) is 5.21. The predicted molar refractivity (Wildman–Crippen MR) is 58.2 cm³/mol. The lowest BCUT2D eigenvalue weighted by molar-refractivity contribution is 0.0596. The van der Waals surface area contributed by atoms with Gasteiger partial charge in [0.2, 0.25) is 0 Å². The Morgan fingerprint density at radius 2 is 1.86 bits per heavy atom. The van der Waals surface area contributed by atoms with E-state index < -0.39 is 0 Å². The maximum Gasteiger partial charge on any atom is 0.0555 e. The number of hydrogen-bond acceptors (Lipinski definition) is 2. The summed E-state index contributed by atoms with van der Waals surface area (Å²) in [5.41, 5.74) is 0. The molecule has 82 valence electrons. The highest BCUT2D eigenvalue weighted by molar-refractivity contribution is 4.81. The molecule has 0 saturated heterocycles. The number of hydrogen-bond donors (Lipinski definition) is 1. The third kappa shape index (κ3) is 2.48. The van der Waals surface area contributed by atoms with Crippen LogP contribution in [0.1, 0.15) is 44.9 Å². The summed E-state index contributed by atoms with van der Waals surface area (Å²) in [7, 11) is 2.24. The first-order chi connectivity index (χ1) is 6.75. The van der Waals surface area contributed by atoms with Crippen molar-refractivity contribution in [2.75, 3.05) is 13.6 Å². The molecule has 2 rings (SSSR count). The molecule has 2 nitrogen and oxygen atoms in total. The molecule has 0 aromatic rings. The second kappa shape index (κ2) is 4.63. The highest BCUT2D eigenvalue weighted by Crippen LogP contribution is 2.29. The Labute approximate surface area is 87.3 Å². The molecule has 2 fully saturated rings. The van der Waals surface area contributed by atoms with Crippen molar-refractivity contribution in [2.24, 2.45) is 5.92 Å². The standard InChI is InChI=1S/C12H23NO/c1-13(9-10-4-2-5-10)11-6-3-7-12(14)8-11/h10-12,14H,2-9H2,1H3. The van der Waals surface area contributed by atoms with E-state index in [4.69, 9.17) is 0 Å². The van der Waals surface area contributed by atoms with Gasteiger partial charge in [-0.25, -0.2) is 0 Å². The molecule has 0 aliphatic heterocycles. The van der Waals surface area contributed by atoms with E-state index in [-0.39, 0.29) is 6.10 Å². The molecule has 0 radical (unpaired) electrons. The van der Waals surface area contributed by atoms with E-state index in [9.17, 15) is 5.11 Å². The molecule has 2 aliphatic rings. The first-order valence-corrected chi connectivity index (χ1v) is 6.14. The van der Waals surface area contributed by atoms with E-state index in [2.05, 4.69) is 11.9 Å². The topological polar surface area (TPSA) is 23.5 Å². The highest BCUT2D eigenvalue weighted by atomic mass is 16.3. The van der Waals surface area contributed by atoms with Crippen LogP contribution in [0.2, 0.25) is 0 Å². The van der Waals surface area contributed by atoms with Crippen molar-refractivity contribution in [3.8, 4) is 0 Å². The Bertz CT molecular complexity index is 179. The van der Waals surface area contributed by atoms with Gasteiger partial charge in [-0.1, -0.05) is 6.42 Å². The van der Waals surface area contributed by atoms with Gasteiger partial charge in [-0.2, -0.15) is 0 Å². The Hall–Kier alpha value is -0.0800. The van der Waals surface area contributed by atoms with Crippen molar-refractivity contribution < 1.29 is 5.11 Å². The zero-order chi connectivity index (χ0) is 9.97. The Morgan fingerprint density at radius 3 is 2.43 bits per heavy atom. The highest BCUT2D eigenvalue weighted by Gasteiger charge is 2.26. The molecule has 1 N–H and O–H groups in total. The summed E-state index contributed by atoms with van der Waals surface area (Å²) in [4.78, 5) is 2.49. The lowest BCUT2D eigenvalue weighted by Gasteiger charge is -2.37. The Kier molecular flexibility index (Phi) is 3.45. The third-order valence-electron chi connectivity index (χ3n) is 4.01. The largest absolute Gasteiger partial charge is 0.393 e. The van der Waals surface area contributed by atoms with E-state index >= 15 is 0 Å². The van der Waals surface area contributed by atoms with Crippen molar-refractivity contribution in [1.82, 2.24) is 4.90 Å². The molecule has 0 amide bonds. The molecule has 2 saturated carbocycles. The molecular weight excluding hydrogens is 174 g/mol. The molecule has 2 atom stereocenters. The summed E-state index contributed by atoms with van der Waals surface area (Å²) in [5.74, 6) is 0.957. The smallest absolute Gasteiger partial charge is 0.0555 e. The van der Waals surface area contributed by atoms with Crippen LogP contribution in [-0.4, -0.2) is 35.7 Å². The average molecular weight is 197 g/mol. The van der Waals surface area contributed by atoms with Crippen LogP contribution in [0.4, 0.5) is 0 Å². The van der Waals surface area contributed by atoms with Crippen LogP contribution in [0.5, 0.6) is 0 Å². The maximum absolute atomic E-state index is 9.61. The van der Waals surface area contributed by atoms with Gasteiger partial charge in [0.05, 0.1) is 6.10 Å². The summed E-state index contributed by atoms with van der Waals surface area (Å²) in [6, 6.07) is 0.652. The summed E-state index contributed by atoms with van der Waals surface area (Å²) >= 11 is 0. The fourth-order valence-electron chi connectivity index (χ4n) is 2.77. The van der Waals surface area contributed by atoms with Gasteiger partial charge in [-0.05, 0) is 51.5 Å². The van der Waals surface area contributed by atoms with E-state index in [0.29, 0.717) is 6.04 Å². The van der Waals surface area contributed by atoms with E-state index in [1.54, 1.807) is 0 Å². The van der Waals surface area contributed by atoms with Gasteiger partial charge in [0, 0.05) is 12.6 Å². The number of aliphatic hydroxyl groups is 1. The SMILES string of the molecule is CN(CC1CCC1)C1CCCC(O)C1. The van der Waals surface area contributed by atoms with E-state index in [0.717, 1.165) is 18.8 Å².